The average Bonchev–Trinajstić information content (AvgIpc) is 2.29. The summed E-state index contributed by atoms with van der Waals surface area (Å²) in [6.45, 7) is 5.00. The molecule has 0 bridgehead atoms. The second-order valence-corrected chi connectivity index (χ2v) is 2.77. The third-order valence-electron chi connectivity index (χ3n) is 1.99. The Kier molecular flexibility index (Phi) is 2.83. The Morgan fingerprint density at radius 1 is 1.50 bits per heavy atom. The highest BCUT2D eigenvalue weighted by Gasteiger charge is 2.08. The Morgan fingerprint density at radius 2 is 2.17 bits per heavy atom. The van der Waals surface area contributed by atoms with Crippen LogP contribution in [0.4, 0.5) is 0 Å². The van der Waals surface area contributed by atoms with Crippen molar-refractivity contribution in [3.63, 3.8) is 0 Å². The van der Waals surface area contributed by atoms with Crippen LogP contribution in [0.25, 0.3) is 0 Å². The Morgan fingerprint density at radius 3 is 2.58 bits per heavy atom. The average molecular weight is 169 g/mol. The molecule has 12 heavy (non-hydrogen) atoms. The van der Waals surface area contributed by atoms with Gasteiger partial charge in [-0.1, -0.05) is 0 Å². The molecule has 0 saturated carbocycles. The molecule has 0 fully saturated rings. The van der Waals surface area contributed by atoms with E-state index in [1.807, 2.05) is 18.5 Å². The van der Waals surface area contributed by atoms with Gasteiger partial charge in [-0.2, -0.15) is 5.10 Å². The van der Waals surface area contributed by atoms with E-state index in [0.717, 1.165) is 17.0 Å². The quantitative estimate of drug-likeness (QED) is 0.719. The first kappa shape index (κ1) is 9.22. The Bertz CT molecular complexity index is 268. The Balaban J connectivity index is 3.00. The van der Waals surface area contributed by atoms with Gasteiger partial charge in [0.25, 0.3) is 0 Å². The minimum absolute atomic E-state index is 0.493. The van der Waals surface area contributed by atoms with Crippen LogP contribution in [0.15, 0.2) is 0 Å². The first-order valence-electron chi connectivity index (χ1n) is 3.92. The van der Waals surface area contributed by atoms with Gasteiger partial charge in [0, 0.05) is 24.9 Å². The van der Waals surface area contributed by atoms with E-state index in [-0.39, 0.29) is 0 Å². The molecule has 0 radical (unpaired) electrons. The van der Waals surface area contributed by atoms with E-state index in [2.05, 4.69) is 5.10 Å². The number of hydrogen-bond donors (Lipinski definition) is 1. The van der Waals surface area contributed by atoms with Crippen molar-refractivity contribution in [1.29, 1.82) is 0 Å². The number of ether oxygens (including phenoxy) is 1. The van der Waals surface area contributed by atoms with Crippen LogP contribution >= 0.6 is 0 Å². The highest BCUT2D eigenvalue weighted by atomic mass is 16.5. The molecule has 0 unspecified atom stereocenters. The lowest BCUT2D eigenvalue weighted by Gasteiger charge is -2.01. The molecular formula is C8H15N3O. The van der Waals surface area contributed by atoms with E-state index in [9.17, 15) is 0 Å². The summed E-state index contributed by atoms with van der Waals surface area (Å²) in [6, 6.07) is 0. The van der Waals surface area contributed by atoms with Crippen molar-refractivity contribution in [2.24, 2.45) is 5.73 Å². The molecule has 1 heterocycles. The minimum Gasteiger partial charge on any atom is -0.362 e. The molecule has 0 atom stereocenters. The number of nitrogens with two attached hydrogens (primary N) is 1. The lowest BCUT2D eigenvalue weighted by Crippen LogP contribution is -2.05. The number of nitrogens with zero attached hydrogens (tertiary/aromatic N) is 2. The van der Waals surface area contributed by atoms with Crippen molar-refractivity contribution >= 4 is 0 Å². The van der Waals surface area contributed by atoms with E-state index < -0.39 is 0 Å². The summed E-state index contributed by atoms with van der Waals surface area (Å²) >= 11 is 0. The zero-order chi connectivity index (χ0) is 9.14. The summed E-state index contributed by atoms with van der Waals surface area (Å²) in [4.78, 5) is 0. The van der Waals surface area contributed by atoms with Crippen molar-refractivity contribution in [3.05, 3.63) is 17.0 Å². The molecule has 0 aliphatic heterocycles. The molecule has 0 aliphatic carbocycles. The van der Waals surface area contributed by atoms with E-state index in [0.29, 0.717) is 13.3 Å². The molecule has 68 valence electrons. The van der Waals surface area contributed by atoms with Gasteiger partial charge in [0.1, 0.15) is 6.73 Å². The first-order chi connectivity index (χ1) is 5.70. The highest BCUT2D eigenvalue weighted by Crippen LogP contribution is 2.11. The van der Waals surface area contributed by atoms with Crippen molar-refractivity contribution in [2.45, 2.75) is 27.1 Å². The molecule has 0 aromatic carbocycles. The van der Waals surface area contributed by atoms with Gasteiger partial charge in [-0.15, -0.1) is 0 Å². The number of aryl methyl sites for hydroxylation is 1. The van der Waals surface area contributed by atoms with Crippen LogP contribution < -0.4 is 5.73 Å². The van der Waals surface area contributed by atoms with E-state index in [1.54, 1.807) is 7.11 Å². The number of methoxy groups -OCH3 is 1. The van der Waals surface area contributed by atoms with E-state index in [1.165, 1.54) is 0 Å². The van der Waals surface area contributed by atoms with Crippen molar-refractivity contribution in [1.82, 2.24) is 9.78 Å². The topological polar surface area (TPSA) is 53.1 Å². The van der Waals surface area contributed by atoms with Crippen LogP contribution in [0.3, 0.4) is 0 Å². The van der Waals surface area contributed by atoms with Crippen LogP contribution in [0.5, 0.6) is 0 Å². The van der Waals surface area contributed by atoms with Gasteiger partial charge >= 0.3 is 0 Å². The van der Waals surface area contributed by atoms with Crippen molar-refractivity contribution < 1.29 is 4.74 Å². The van der Waals surface area contributed by atoms with Crippen LogP contribution in [0, 0.1) is 13.8 Å². The second-order valence-electron chi connectivity index (χ2n) is 2.77. The molecule has 1 aromatic rings. The summed E-state index contributed by atoms with van der Waals surface area (Å²) in [5, 5.41) is 4.28. The minimum atomic E-state index is 0.493. The molecule has 4 heteroatoms. The largest absolute Gasteiger partial charge is 0.362 e. The van der Waals surface area contributed by atoms with Gasteiger partial charge in [0.2, 0.25) is 0 Å². The summed E-state index contributed by atoms with van der Waals surface area (Å²) in [6.07, 6.45) is 0. The lowest BCUT2D eigenvalue weighted by molar-refractivity contribution is 0.118. The SMILES string of the molecule is COCn1nc(C)c(CN)c1C. The van der Waals surface area contributed by atoms with Gasteiger partial charge < -0.3 is 10.5 Å². The zero-order valence-corrected chi connectivity index (χ0v) is 7.79. The fraction of sp³-hybridized carbons (Fsp3) is 0.625. The molecule has 1 aromatic heterocycles. The summed E-state index contributed by atoms with van der Waals surface area (Å²) < 4.78 is 6.80. The normalized spacial score (nSPS) is 10.7. The van der Waals surface area contributed by atoms with Gasteiger partial charge in [0.15, 0.2) is 0 Å². The molecule has 0 aliphatic rings. The monoisotopic (exact) mass is 169 g/mol. The van der Waals surface area contributed by atoms with E-state index >= 15 is 0 Å². The second kappa shape index (κ2) is 3.69. The number of hydrogen-bond acceptors (Lipinski definition) is 3. The first-order valence-corrected chi connectivity index (χ1v) is 3.92. The standard InChI is InChI=1S/C8H15N3O/c1-6-8(4-9)7(2)11(10-6)5-12-3/h4-5,9H2,1-3H3. The Hall–Kier alpha value is -0.870. The van der Waals surface area contributed by atoms with Gasteiger partial charge in [-0.25, -0.2) is 4.68 Å². The maximum atomic E-state index is 5.57. The molecular weight excluding hydrogens is 154 g/mol. The van der Waals surface area contributed by atoms with E-state index in [4.69, 9.17) is 10.5 Å². The van der Waals surface area contributed by atoms with Crippen molar-refractivity contribution in [3.8, 4) is 0 Å². The molecule has 2 N–H and O–H groups in total. The predicted octanol–water partition coefficient (Wildman–Crippen LogP) is 0.563. The number of rotatable bonds is 3. The smallest absolute Gasteiger partial charge is 0.139 e. The summed E-state index contributed by atoms with van der Waals surface area (Å²) in [5.41, 5.74) is 8.77. The third kappa shape index (κ3) is 1.49. The van der Waals surface area contributed by atoms with Gasteiger partial charge in [-0.05, 0) is 13.8 Å². The lowest BCUT2D eigenvalue weighted by atomic mass is 10.2. The molecule has 0 saturated heterocycles. The van der Waals surface area contributed by atoms with Crippen LogP contribution in [-0.2, 0) is 18.0 Å². The zero-order valence-electron chi connectivity index (χ0n) is 7.79. The van der Waals surface area contributed by atoms with Gasteiger partial charge in [-0.3, -0.25) is 0 Å². The van der Waals surface area contributed by atoms with Crippen LogP contribution in [-0.4, -0.2) is 16.9 Å². The fourth-order valence-electron chi connectivity index (χ4n) is 1.28. The molecule has 0 spiro atoms. The van der Waals surface area contributed by atoms with Crippen LogP contribution in [0.2, 0.25) is 0 Å². The summed E-state index contributed by atoms with van der Waals surface area (Å²) in [5.74, 6) is 0. The highest BCUT2D eigenvalue weighted by molar-refractivity contribution is 5.23. The number of aromatic nitrogens is 2. The maximum absolute atomic E-state index is 5.57. The van der Waals surface area contributed by atoms with Crippen molar-refractivity contribution in [2.75, 3.05) is 7.11 Å². The maximum Gasteiger partial charge on any atom is 0.139 e. The molecule has 4 nitrogen and oxygen atoms in total. The Labute approximate surface area is 72.3 Å². The summed E-state index contributed by atoms with van der Waals surface area (Å²) in [7, 11) is 1.65. The van der Waals surface area contributed by atoms with Gasteiger partial charge in [0.05, 0.1) is 5.69 Å². The molecule has 1 rings (SSSR count). The molecule has 0 amide bonds. The third-order valence-corrected chi connectivity index (χ3v) is 1.99. The fourth-order valence-corrected chi connectivity index (χ4v) is 1.28. The van der Waals surface area contributed by atoms with Crippen LogP contribution in [0.1, 0.15) is 17.0 Å². The predicted molar refractivity (Wildman–Crippen MR) is 46.6 cm³/mol.